The van der Waals surface area contributed by atoms with Gasteiger partial charge in [0.25, 0.3) is 0 Å². The summed E-state index contributed by atoms with van der Waals surface area (Å²) in [5, 5.41) is 5.20. The summed E-state index contributed by atoms with van der Waals surface area (Å²) in [5.74, 6) is 1.18. The van der Waals surface area contributed by atoms with E-state index in [0.29, 0.717) is 17.2 Å². The molecule has 0 spiro atoms. The lowest BCUT2D eigenvalue weighted by Crippen LogP contribution is -2.64. The van der Waals surface area contributed by atoms with Gasteiger partial charge >= 0.3 is 18.2 Å². The minimum absolute atomic E-state index is 0.0720. The maximum atomic E-state index is 13.1. The second-order valence-corrected chi connectivity index (χ2v) is 6.91. The fourth-order valence-electron chi connectivity index (χ4n) is 3.34. The molecule has 160 valence electrons. The molecule has 0 bridgehead atoms. The molecule has 2 heterocycles. The van der Waals surface area contributed by atoms with E-state index in [0.717, 1.165) is 4.90 Å². The number of ether oxygens (including phenoxy) is 3. The molecule has 9 heteroatoms. The number of carbonyl (C=O) groups is 2. The number of urea groups is 2. The molecule has 0 aliphatic carbocycles. The molecule has 3 aromatic rings. The average Bonchev–Trinajstić information content (AvgIpc) is 3.29. The number of benzene rings is 3. The predicted octanol–water partition coefficient (Wildman–Crippen LogP) is 3.31. The average molecular weight is 430 g/mol. The minimum atomic E-state index is -2.16. The Bertz CT molecular complexity index is 1050. The van der Waals surface area contributed by atoms with Crippen LogP contribution < -0.4 is 24.8 Å². The van der Waals surface area contributed by atoms with Crippen LogP contribution in [-0.2, 0) is 0 Å². The quantitative estimate of drug-likeness (QED) is 0.560. The number of aliphatic imine (C=N–C) groups is 1. The van der Waals surface area contributed by atoms with Crippen molar-refractivity contribution in [2.75, 3.05) is 0 Å². The van der Waals surface area contributed by atoms with E-state index < -0.39 is 24.3 Å². The highest BCUT2D eigenvalue weighted by Gasteiger charge is 2.59. The van der Waals surface area contributed by atoms with Gasteiger partial charge in [0.1, 0.15) is 17.2 Å². The molecule has 1 fully saturated rings. The lowest BCUT2D eigenvalue weighted by Gasteiger charge is -2.37. The Hall–Kier alpha value is -4.53. The number of fused-ring (bicyclic) bond motifs is 1. The summed E-state index contributed by atoms with van der Waals surface area (Å²) in [6.45, 7) is 0. The second-order valence-electron chi connectivity index (χ2n) is 6.91. The molecule has 5 rings (SSSR count). The Kier molecular flexibility index (Phi) is 4.83. The van der Waals surface area contributed by atoms with Crippen molar-refractivity contribution in [2.24, 2.45) is 4.99 Å². The molecule has 1 saturated heterocycles. The summed E-state index contributed by atoms with van der Waals surface area (Å²) in [6.07, 6.45) is -2.99. The highest BCUT2D eigenvalue weighted by molar-refractivity contribution is 6.14. The normalized spacial score (nSPS) is 17.2. The van der Waals surface area contributed by atoms with Crippen molar-refractivity contribution in [1.29, 1.82) is 0 Å². The van der Waals surface area contributed by atoms with E-state index in [2.05, 4.69) is 15.6 Å². The van der Waals surface area contributed by atoms with E-state index in [1.807, 2.05) is 18.2 Å². The fourth-order valence-corrected chi connectivity index (χ4v) is 3.34. The summed E-state index contributed by atoms with van der Waals surface area (Å²) in [4.78, 5) is 30.0. The van der Waals surface area contributed by atoms with Crippen LogP contribution in [0.4, 0.5) is 9.59 Å². The molecule has 0 saturated carbocycles. The molecule has 0 radical (unpaired) electrons. The fraction of sp³-hybridized carbons (Fsp3) is 0.0870. The van der Waals surface area contributed by atoms with Crippen LogP contribution in [0.1, 0.15) is 0 Å². The summed E-state index contributed by atoms with van der Waals surface area (Å²) in [5.41, 5.74) is 0. The van der Waals surface area contributed by atoms with E-state index in [-0.39, 0.29) is 5.84 Å². The summed E-state index contributed by atoms with van der Waals surface area (Å²) in [6, 6.07) is 25.1. The molecule has 2 N–H and O–H groups in total. The first-order chi connectivity index (χ1) is 15.6. The summed E-state index contributed by atoms with van der Waals surface area (Å²) < 4.78 is 18.6. The van der Waals surface area contributed by atoms with E-state index in [1.165, 1.54) is 0 Å². The van der Waals surface area contributed by atoms with Gasteiger partial charge in [-0.05, 0) is 36.4 Å². The van der Waals surface area contributed by atoms with E-state index in [4.69, 9.17) is 14.2 Å². The van der Waals surface area contributed by atoms with Gasteiger partial charge in [0.2, 0.25) is 0 Å². The van der Waals surface area contributed by atoms with Crippen molar-refractivity contribution in [1.82, 2.24) is 15.5 Å². The number of para-hydroxylation sites is 3. The van der Waals surface area contributed by atoms with E-state index in [1.54, 1.807) is 72.8 Å². The predicted molar refractivity (Wildman–Crippen MR) is 114 cm³/mol. The van der Waals surface area contributed by atoms with Crippen molar-refractivity contribution < 1.29 is 23.8 Å². The molecule has 2 aliphatic rings. The Morgan fingerprint density at radius 1 is 0.688 bits per heavy atom. The van der Waals surface area contributed by atoms with Crippen molar-refractivity contribution in [3.63, 3.8) is 0 Å². The van der Waals surface area contributed by atoms with Crippen LogP contribution in [0, 0.1) is 0 Å². The minimum Gasteiger partial charge on any atom is -0.402 e. The number of amidine groups is 1. The van der Waals surface area contributed by atoms with Gasteiger partial charge in [0.05, 0.1) is 0 Å². The van der Waals surface area contributed by atoms with Gasteiger partial charge < -0.3 is 24.8 Å². The van der Waals surface area contributed by atoms with Crippen LogP contribution in [0.2, 0.25) is 0 Å². The third-order valence-corrected chi connectivity index (χ3v) is 4.69. The summed E-state index contributed by atoms with van der Waals surface area (Å²) >= 11 is 0. The van der Waals surface area contributed by atoms with Gasteiger partial charge in [-0.2, -0.15) is 9.89 Å². The molecular formula is C23H18N4O5. The van der Waals surface area contributed by atoms with Gasteiger partial charge in [-0.25, -0.2) is 9.59 Å². The first-order valence-corrected chi connectivity index (χ1v) is 9.85. The maximum Gasteiger partial charge on any atom is 0.529 e. The number of rotatable bonds is 7. The molecular weight excluding hydrogens is 412 g/mol. The van der Waals surface area contributed by atoms with Gasteiger partial charge in [0.15, 0.2) is 12.0 Å². The lowest BCUT2D eigenvalue weighted by atomic mass is 10.3. The van der Waals surface area contributed by atoms with Crippen LogP contribution in [0.25, 0.3) is 0 Å². The number of amides is 4. The van der Waals surface area contributed by atoms with Crippen LogP contribution >= 0.6 is 0 Å². The zero-order valence-electron chi connectivity index (χ0n) is 16.7. The van der Waals surface area contributed by atoms with Crippen LogP contribution in [0.15, 0.2) is 96.0 Å². The number of hydrogen-bond acceptors (Lipinski definition) is 5. The Balaban J connectivity index is 1.66. The summed E-state index contributed by atoms with van der Waals surface area (Å²) in [7, 11) is 0. The molecule has 2 aliphatic heterocycles. The van der Waals surface area contributed by atoms with Crippen molar-refractivity contribution in [3.05, 3.63) is 91.0 Å². The number of nitrogens with one attached hydrogen (secondary N) is 2. The Labute approximate surface area is 183 Å². The van der Waals surface area contributed by atoms with E-state index >= 15 is 0 Å². The lowest BCUT2D eigenvalue weighted by molar-refractivity contribution is -0.305. The first kappa shape index (κ1) is 19.4. The standard InChI is InChI=1S/C23H18N4O5/c28-21-24-19-20(26-21)27(22(29)25-19)23(30-16-10-4-1-5-11-16,31-17-12-6-2-7-13-17)32-18-14-8-3-9-15-18/h1-15,19H,(H,24,28)(H,25,29). The number of carbonyl (C=O) groups excluding carboxylic acids is 2. The van der Waals surface area contributed by atoms with Crippen LogP contribution in [0.3, 0.4) is 0 Å². The maximum absolute atomic E-state index is 13.1. The topological polar surface area (TPSA) is 101 Å². The molecule has 0 aromatic heterocycles. The SMILES string of the molecule is O=C1N=C2C(N1)NC(=O)N2C(Oc1ccccc1)(Oc1ccccc1)Oc1ccccc1. The van der Waals surface area contributed by atoms with Crippen molar-refractivity contribution in [2.45, 2.75) is 12.3 Å². The van der Waals surface area contributed by atoms with Gasteiger partial charge in [-0.3, -0.25) is 0 Å². The van der Waals surface area contributed by atoms with Gasteiger partial charge in [-0.15, -0.1) is 0 Å². The molecule has 1 atom stereocenters. The zero-order chi connectivity index (χ0) is 22.0. The highest BCUT2D eigenvalue weighted by Crippen LogP contribution is 2.32. The smallest absolute Gasteiger partial charge is 0.402 e. The molecule has 4 amide bonds. The van der Waals surface area contributed by atoms with Gasteiger partial charge in [0, 0.05) is 0 Å². The highest BCUT2D eigenvalue weighted by atomic mass is 16.9. The van der Waals surface area contributed by atoms with Gasteiger partial charge in [-0.1, -0.05) is 54.6 Å². The van der Waals surface area contributed by atoms with Crippen molar-refractivity contribution >= 4 is 17.9 Å². The third-order valence-electron chi connectivity index (χ3n) is 4.69. The number of nitrogens with zero attached hydrogens (tertiary/aromatic N) is 2. The number of hydrogen-bond donors (Lipinski definition) is 2. The monoisotopic (exact) mass is 430 g/mol. The largest absolute Gasteiger partial charge is 0.529 e. The molecule has 32 heavy (non-hydrogen) atoms. The zero-order valence-corrected chi connectivity index (χ0v) is 16.7. The third kappa shape index (κ3) is 3.67. The van der Waals surface area contributed by atoms with Crippen molar-refractivity contribution in [3.8, 4) is 17.2 Å². The molecule has 1 unspecified atom stereocenters. The van der Waals surface area contributed by atoms with Crippen LogP contribution in [0.5, 0.6) is 17.2 Å². The van der Waals surface area contributed by atoms with Crippen LogP contribution in [-0.4, -0.2) is 35.1 Å². The molecule has 3 aromatic carbocycles. The Morgan fingerprint density at radius 3 is 1.56 bits per heavy atom. The Morgan fingerprint density at radius 2 is 1.12 bits per heavy atom. The first-order valence-electron chi connectivity index (χ1n) is 9.85. The van der Waals surface area contributed by atoms with E-state index in [9.17, 15) is 9.59 Å². The molecule has 9 nitrogen and oxygen atoms in total. The second kappa shape index (κ2) is 7.95.